The van der Waals surface area contributed by atoms with E-state index in [9.17, 15) is 28.6 Å². The van der Waals surface area contributed by atoms with Gasteiger partial charge in [-0.2, -0.15) is 0 Å². The first-order valence-electron chi connectivity index (χ1n) is 12.4. The van der Waals surface area contributed by atoms with Crippen LogP contribution in [0.4, 0.5) is 8.78 Å². The zero-order valence-corrected chi connectivity index (χ0v) is 21.8. The fourth-order valence-corrected chi connectivity index (χ4v) is 4.28. The number of carbonyl (C=O) groups excluding carboxylic acids is 2. The second-order valence-corrected chi connectivity index (χ2v) is 9.55. The van der Waals surface area contributed by atoms with Crippen molar-refractivity contribution < 1.29 is 28.6 Å². The molecule has 0 fully saturated rings. The molecule has 0 aliphatic carbocycles. The molecule has 0 aliphatic rings. The molecule has 4 N–H and O–H groups in total. The Balaban J connectivity index is 1.63. The Labute approximate surface area is 225 Å². The number of rotatable bonds is 13. The molecule has 0 spiro atoms. The van der Waals surface area contributed by atoms with Crippen molar-refractivity contribution in [2.45, 2.75) is 51.3 Å². The predicted octanol–water partition coefficient (Wildman–Crippen LogP) is 4.73. The number of carbonyl (C=O) groups is 2. The topological polar surface area (TPSA) is 98.7 Å². The van der Waals surface area contributed by atoms with Crippen LogP contribution in [0.25, 0.3) is 0 Å². The zero-order chi connectivity index (χ0) is 27.7. The number of aliphatic hydroxyl groups is 1. The fraction of sp³-hybridized carbons (Fsp3) is 0.310. The summed E-state index contributed by atoms with van der Waals surface area (Å²) in [6, 6.07) is 14.2. The average molecular weight is 545 g/mol. The Hall–Kier alpha value is -3.33. The van der Waals surface area contributed by atoms with Crippen LogP contribution in [0.5, 0.6) is 5.75 Å². The molecular weight excluding hydrogens is 514 g/mol. The minimum atomic E-state index is -1.09. The van der Waals surface area contributed by atoms with Gasteiger partial charge in [-0.1, -0.05) is 42.8 Å². The van der Waals surface area contributed by atoms with Crippen LogP contribution < -0.4 is 10.6 Å². The van der Waals surface area contributed by atoms with Crippen molar-refractivity contribution in [3.63, 3.8) is 0 Å². The van der Waals surface area contributed by atoms with Gasteiger partial charge >= 0.3 is 0 Å². The molecular formula is C29H31ClF2N2O4. The predicted molar refractivity (Wildman–Crippen MR) is 142 cm³/mol. The maximum atomic E-state index is 13.8. The van der Waals surface area contributed by atoms with Gasteiger partial charge in [-0.25, -0.2) is 8.78 Å². The number of amides is 1. The van der Waals surface area contributed by atoms with Crippen molar-refractivity contribution in [3.8, 4) is 5.75 Å². The van der Waals surface area contributed by atoms with Gasteiger partial charge in [0, 0.05) is 37.0 Å². The highest BCUT2D eigenvalue weighted by Gasteiger charge is 2.23. The monoisotopic (exact) mass is 544 g/mol. The molecule has 38 heavy (non-hydrogen) atoms. The van der Waals surface area contributed by atoms with Crippen LogP contribution in [-0.4, -0.2) is 40.6 Å². The maximum Gasteiger partial charge on any atom is 0.220 e. The van der Waals surface area contributed by atoms with E-state index in [-0.39, 0.29) is 47.7 Å². The largest absolute Gasteiger partial charge is 0.507 e. The summed E-state index contributed by atoms with van der Waals surface area (Å²) in [6.45, 7) is 2.65. The van der Waals surface area contributed by atoms with E-state index in [1.807, 2.05) is 18.2 Å². The lowest BCUT2D eigenvalue weighted by atomic mass is 9.99. The Morgan fingerprint density at radius 3 is 2.34 bits per heavy atom. The highest BCUT2D eigenvalue weighted by atomic mass is 35.5. The minimum Gasteiger partial charge on any atom is -0.507 e. The lowest BCUT2D eigenvalue weighted by Gasteiger charge is -2.25. The molecule has 3 aromatic rings. The third-order valence-electron chi connectivity index (χ3n) is 6.11. The maximum absolute atomic E-state index is 13.8. The van der Waals surface area contributed by atoms with Crippen LogP contribution in [0.3, 0.4) is 0 Å². The van der Waals surface area contributed by atoms with Crippen molar-refractivity contribution in [1.82, 2.24) is 10.6 Å². The van der Waals surface area contributed by atoms with E-state index in [4.69, 9.17) is 11.6 Å². The van der Waals surface area contributed by atoms with Gasteiger partial charge in [0.05, 0.1) is 17.7 Å². The first-order chi connectivity index (χ1) is 18.1. The molecule has 0 bridgehead atoms. The lowest BCUT2D eigenvalue weighted by molar-refractivity contribution is -0.122. The number of ketones is 1. The summed E-state index contributed by atoms with van der Waals surface area (Å²) in [5.74, 6) is -2.78. The van der Waals surface area contributed by atoms with Gasteiger partial charge in [0.25, 0.3) is 0 Å². The van der Waals surface area contributed by atoms with Crippen LogP contribution in [0.15, 0.2) is 60.7 Å². The number of hydrogen-bond acceptors (Lipinski definition) is 5. The van der Waals surface area contributed by atoms with Crippen molar-refractivity contribution in [1.29, 1.82) is 0 Å². The number of aliphatic hydroxyl groups excluding tert-OH is 1. The Morgan fingerprint density at radius 1 is 0.947 bits per heavy atom. The zero-order valence-electron chi connectivity index (χ0n) is 21.0. The summed E-state index contributed by atoms with van der Waals surface area (Å²) in [4.78, 5) is 25.2. The number of phenols is 1. The average Bonchev–Trinajstić information content (AvgIpc) is 2.86. The molecule has 6 nitrogen and oxygen atoms in total. The third kappa shape index (κ3) is 8.90. The van der Waals surface area contributed by atoms with E-state index < -0.39 is 35.5 Å². The SMILES string of the molecule is CCc1cccc(CNC[C@@H](O)[C@H](Cc2cc(F)cc(F)c2)NC(=O)CCC(=O)c2ccc(Cl)cc2O)c1. The Bertz CT molecular complexity index is 1250. The van der Waals surface area contributed by atoms with Gasteiger partial charge in [-0.3, -0.25) is 9.59 Å². The van der Waals surface area contributed by atoms with E-state index in [0.29, 0.717) is 6.54 Å². The molecule has 0 aliphatic heterocycles. The van der Waals surface area contributed by atoms with Crippen molar-refractivity contribution in [2.75, 3.05) is 6.54 Å². The summed E-state index contributed by atoms with van der Waals surface area (Å²) in [5.41, 5.74) is 2.54. The first-order valence-corrected chi connectivity index (χ1v) is 12.7. The number of hydrogen-bond donors (Lipinski definition) is 4. The Morgan fingerprint density at radius 2 is 1.66 bits per heavy atom. The second kappa shape index (κ2) is 14.0. The molecule has 3 aromatic carbocycles. The fourth-order valence-electron chi connectivity index (χ4n) is 4.11. The number of aromatic hydroxyl groups is 1. The number of phenolic OH excluding ortho intramolecular Hbond substituents is 1. The standard InChI is InChI=1S/C29H31ClF2N2O4/c1-2-18-4-3-5-19(10-18)16-33-17-28(37)25(13-20-11-22(31)15-23(32)12-20)34-29(38)9-8-26(35)24-7-6-21(30)14-27(24)36/h3-7,10-12,14-15,25,28,33,36-37H,2,8-9,13,16-17H2,1H3,(H,34,38)/t25-,28+/m0/s1. The number of aryl methyl sites for hydroxylation is 1. The van der Waals surface area contributed by atoms with E-state index in [0.717, 1.165) is 30.2 Å². The highest BCUT2D eigenvalue weighted by molar-refractivity contribution is 6.30. The van der Waals surface area contributed by atoms with Crippen molar-refractivity contribution in [2.24, 2.45) is 0 Å². The summed E-state index contributed by atoms with van der Waals surface area (Å²) < 4.78 is 27.5. The number of halogens is 3. The molecule has 2 atom stereocenters. The minimum absolute atomic E-state index is 0.0273. The van der Waals surface area contributed by atoms with Gasteiger partial charge in [0.1, 0.15) is 17.4 Å². The summed E-state index contributed by atoms with van der Waals surface area (Å²) in [5, 5.41) is 26.9. The summed E-state index contributed by atoms with van der Waals surface area (Å²) >= 11 is 5.80. The lowest BCUT2D eigenvalue weighted by Crippen LogP contribution is -2.48. The van der Waals surface area contributed by atoms with Gasteiger partial charge < -0.3 is 20.8 Å². The van der Waals surface area contributed by atoms with Crippen molar-refractivity contribution >= 4 is 23.3 Å². The molecule has 3 rings (SSSR count). The molecule has 202 valence electrons. The van der Waals surface area contributed by atoms with Gasteiger partial charge in [-0.05, 0) is 59.9 Å². The normalized spacial score (nSPS) is 12.7. The Kier molecular flexibility index (Phi) is 10.8. The molecule has 0 aromatic heterocycles. The second-order valence-electron chi connectivity index (χ2n) is 9.11. The molecule has 1 amide bonds. The first kappa shape index (κ1) is 29.2. The smallest absolute Gasteiger partial charge is 0.220 e. The van der Waals surface area contributed by atoms with E-state index in [1.165, 1.54) is 23.8 Å². The third-order valence-corrected chi connectivity index (χ3v) is 6.35. The molecule has 0 unspecified atom stereocenters. The van der Waals surface area contributed by atoms with Gasteiger partial charge in [0.15, 0.2) is 5.78 Å². The van der Waals surface area contributed by atoms with Crippen LogP contribution in [-0.2, 0) is 24.2 Å². The van der Waals surface area contributed by atoms with Crippen LogP contribution in [0.1, 0.15) is 46.8 Å². The highest BCUT2D eigenvalue weighted by Crippen LogP contribution is 2.23. The summed E-state index contributed by atoms with van der Waals surface area (Å²) in [6.07, 6.45) is -0.616. The van der Waals surface area contributed by atoms with Crippen LogP contribution in [0.2, 0.25) is 5.02 Å². The van der Waals surface area contributed by atoms with Crippen molar-refractivity contribution in [3.05, 3.63) is 99.6 Å². The van der Waals surface area contributed by atoms with Crippen LogP contribution >= 0.6 is 11.6 Å². The number of nitrogens with one attached hydrogen (secondary N) is 2. The van der Waals surface area contributed by atoms with Crippen LogP contribution in [0, 0.1) is 11.6 Å². The molecule has 0 saturated heterocycles. The van der Waals surface area contributed by atoms with E-state index >= 15 is 0 Å². The number of benzene rings is 3. The summed E-state index contributed by atoms with van der Waals surface area (Å²) in [7, 11) is 0. The quantitative estimate of drug-likeness (QED) is 0.233. The molecule has 0 heterocycles. The molecule has 0 saturated carbocycles. The molecule has 0 radical (unpaired) electrons. The van der Waals surface area contributed by atoms with Gasteiger partial charge in [0.2, 0.25) is 5.91 Å². The number of Topliss-reactive ketones (excluding diaryl/α,β-unsaturated/α-hetero) is 1. The van der Waals surface area contributed by atoms with E-state index in [1.54, 1.807) is 0 Å². The van der Waals surface area contributed by atoms with Gasteiger partial charge in [-0.15, -0.1) is 0 Å². The van der Waals surface area contributed by atoms with E-state index in [2.05, 4.69) is 23.6 Å². The molecule has 9 heteroatoms.